The number of pyridine rings is 2. The molecular formula is C20H14Cl2N2O4S2. The second-order valence-corrected chi connectivity index (χ2v) is 8.09. The van der Waals surface area contributed by atoms with Crippen molar-refractivity contribution in [3.8, 4) is 0 Å². The first kappa shape index (κ1) is 23.8. The van der Waals surface area contributed by atoms with E-state index in [2.05, 4.69) is 9.97 Å². The Labute approximate surface area is 191 Å². The largest absolute Gasteiger partial charge is 0.478 e. The zero-order chi connectivity index (χ0) is 19.7. The minimum atomic E-state index is -1.01. The van der Waals surface area contributed by atoms with Crippen molar-refractivity contribution >= 4 is 80.1 Å². The number of carbonyl (C=O) groups is 2. The van der Waals surface area contributed by atoms with Crippen LogP contribution in [0.25, 0.3) is 21.8 Å². The van der Waals surface area contributed by atoms with Crippen molar-refractivity contribution in [1.82, 2.24) is 9.97 Å². The lowest BCUT2D eigenvalue weighted by Crippen LogP contribution is -1.97. The van der Waals surface area contributed by atoms with Gasteiger partial charge in [-0.15, -0.1) is 24.8 Å². The summed E-state index contributed by atoms with van der Waals surface area (Å²) in [5.74, 6) is -2.02. The average molecular weight is 481 g/mol. The van der Waals surface area contributed by atoms with Gasteiger partial charge in [-0.1, -0.05) is 45.9 Å². The number of carboxylic acid groups (broad SMARTS) is 2. The van der Waals surface area contributed by atoms with Crippen LogP contribution in [0.15, 0.2) is 70.7 Å². The van der Waals surface area contributed by atoms with Crippen molar-refractivity contribution in [1.29, 1.82) is 0 Å². The number of hydrogen-bond acceptors (Lipinski definition) is 6. The maximum atomic E-state index is 11.1. The number of benzene rings is 2. The molecule has 2 aromatic heterocycles. The highest BCUT2D eigenvalue weighted by atomic mass is 35.5. The van der Waals surface area contributed by atoms with Gasteiger partial charge in [0.15, 0.2) is 0 Å². The van der Waals surface area contributed by atoms with Crippen LogP contribution in [0.3, 0.4) is 0 Å². The Hall–Kier alpha value is -2.52. The minimum absolute atomic E-state index is 0. The van der Waals surface area contributed by atoms with Crippen molar-refractivity contribution in [3.05, 3.63) is 72.1 Å². The molecule has 2 heterocycles. The quantitative estimate of drug-likeness (QED) is 0.344. The summed E-state index contributed by atoms with van der Waals surface area (Å²) in [6.07, 6.45) is 2.71. The fourth-order valence-corrected chi connectivity index (χ4v) is 5.02. The van der Waals surface area contributed by atoms with Gasteiger partial charge in [-0.05, 0) is 24.3 Å². The zero-order valence-electron chi connectivity index (χ0n) is 15.0. The molecule has 10 heteroatoms. The van der Waals surface area contributed by atoms with Crippen LogP contribution in [0.4, 0.5) is 0 Å². The Kier molecular flexibility index (Phi) is 7.91. The summed E-state index contributed by atoms with van der Waals surface area (Å²) < 4.78 is 0. The number of aromatic nitrogens is 2. The van der Waals surface area contributed by atoms with Gasteiger partial charge in [0.2, 0.25) is 0 Å². The summed E-state index contributed by atoms with van der Waals surface area (Å²) >= 11 is 0. The van der Waals surface area contributed by atoms with E-state index in [4.69, 9.17) is 10.2 Å². The third-order valence-corrected chi connectivity index (χ3v) is 6.49. The van der Waals surface area contributed by atoms with E-state index in [1.807, 2.05) is 36.4 Å². The third-order valence-electron chi connectivity index (χ3n) is 4.06. The highest BCUT2D eigenvalue weighted by Gasteiger charge is 2.11. The van der Waals surface area contributed by atoms with Gasteiger partial charge >= 0.3 is 11.9 Å². The lowest BCUT2D eigenvalue weighted by molar-refractivity contribution is 0.0686. The normalized spacial score (nSPS) is 10.3. The van der Waals surface area contributed by atoms with Crippen molar-refractivity contribution in [3.63, 3.8) is 0 Å². The van der Waals surface area contributed by atoms with Gasteiger partial charge in [0.05, 0.1) is 22.2 Å². The number of fused-ring (bicyclic) bond motifs is 2. The summed E-state index contributed by atoms with van der Waals surface area (Å²) in [5.41, 5.74) is 1.75. The number of hydrogen-bond donors (Lipinski definition) is 2. The van der Waals surface area contributed by atoms with E-state index in [1.165, 1.54) is 34.0 Å². The van der Waals surface area contributed by atoms with Crippen LogP contribution in [0, 0.1) is 0 Å². The van der Waals surface area contributed by atoms with Crippen LogP contribution in [-0.2, 0) is 0 Å². The molecule has 0 amide bonds. The van der Waals surface area contributed by atoms with E-state index >= 15 is 0 Å². The number of nitrogens with zero attached hydrogens (tertiary/aromatic N) is 2. The average Bonchev–Trinajstić information content (AvgIpc) is 2.71. The van der Waals surface area contributed by atoms with Crippen molar-refractivity contribution in [2.45, 2.75) is 9.79 Å². The Morgan fingerprint density at radius 3 is 1.47 bits per heavy atom. The lowest BCUT2D eigenvalue weighted by Gasteiger charge is -2.08. The summed E-state index contributed by atoms with van der Waals surface area (Å²) in [4.78, 5) is 32.7. The second kappa shape index (κ2) is 9.99. The summed E-state index contributed by atoms with van der Waals surface area (Å²) in [7, 11) is 2.99. The molecule has 0 fully saturated rings. The van der Waals surface area contributed by atoms with Gasteiger partial charge in [0.1, 0.15) is 0 Å². The maximum absolute atomic E-state index is 11.1. The van der Waals surface area contributed by atoms with Crippen LogP contribution < -0.4 is 0 Å². The van der Waals surface area contributed by atoms with E-state index < -0.39 is 11.9 Å². The molecular weight excluding hydrogens is 467 g/mol. The second-order valence-electron chi connectivity index (χ2n) is 5.88. The summed E-state index contributed by atoms with van der Waals surface area (Å²) in [5, 5.41) is 19.8. The van der Waals surface area contributed by atoms with Crippen molar-refractivity contribution < 1.29 is 19.8 Å². The summed E-state index contributed by atoms with van der Waals surface area (Å²) in [6.45, 7) is 0. The molecule has 0 bridgehead atoms. The highest BCUT2D eigenvalue weighted by Crippen LogP contribution is 2.42. The van der Waals surface area contributed by atoms with Crippen LogP contribution in [-0.4, -0.2) is 32.1 Å². The fraction of sp³-hybridized carbons (Fsp3) is 0. The maximum Gasteiger partial charge on any atom is 0.337 e. The van der Waals surface area contributed by atoms with Gasteiger partial charge in [0, 0.05) is 33.0 Å². The van der Waals surface area contributed by atoms with E-state index in [-0.39, 0.29) is 35.9 Å². The molecule has 0 atom stereocenters. The van der Waals surface area contributed by atoms with E-state index in [0.29, 0.717) is 0 Å². The van der Waals surface area contributed by atoms with Crippen LogP contribution in [0.5, 0.6) is 0 Å². The molecule has 0 saturated carbocycles. The number of para-hydroxylation sites is 2. The van der Waals surface area contributed by atoms with Gasteiger partial charge in [-0.2, -0.15) is 0 Å². The highest BCUT2D eigenvalue weighted by molar-refractivity contribution is 8.76. The monoisotopic (exact) mass is 480 g/mol. The van der Waals surface area contributed by atoms with Gasteiger partial charge in [-0.3, -0.25) is 9.97 Å². The molecule has 4 aromatic rings. The van der Waals surface area contributed by atoms with E-state index in [0.717, 1.165) is 31.6 Å². The molecule has 0 unspecified atom stereocenters. The van der Waals surface area contributed by atoms with Crippen LogP contribution in [0.2, 0.25) is 0 Å². The number of carboxylic acids is 2. The fourth-order valence-electron chi connectivity index (χ4n) is 2.72. The number of aromatic carboxylic acids is 2. The van der Waals surface area contributed by atoms with Gasteiger partial charge in [0.25, 0.3) is 0 Å². The smallest absolute Gasteiger partial charge is 0.337 e. The number of rotatable bonds is 5. The predicted molar refractivity (Wildman–Crippen MR) is 124 cm³/mol. The molecule has 0 aliphatic heterocycles. The zero-order valence-corrected chi connectivity index (χ0v) is 18.3. The SMILES string of the molecule is Cl.Cl.O=C(O)c1cnc2c(SSc3cccc4cc(C(=O)O)cnc34)cccc2c1. The van der Waals surface area contributed by atoms with Crippen molar-refractivity contribution in [2.24, 2.45) is 0 Å². The topological polar surface area (TPSA) is 100 Å². The predicted octanol–water partition coefficient (Wildman–Crippen LogP) is 5.82. The molecule has 0 aliphatic rings. The third kappa shape index (κ3) is 4.79. The molecule has 0 saturated heterocycles. The van der Waals surface area contributed by atoms with Crippen LogP contribution >= 0.6 is 46.4 Å². The Bertz CT molecular complexity index is 1160. The number of halogens is 2. The minimum Gasteiger partial charge on any atom is -0.478 e. The first-order valence-corrected chi connectivity index (χ1v) is 10.3. The summed E-state index contributed by atoms with van der Waals surface area (Å²) in [6, 6.07) is 14.4. The lowest BCUT2D eigenvalue weighted by atomic mass is 10.1. The van der Waals surface area contributed by atoms with E-state index in [9.17, 15) is 9.59 Å². The van der Waals surface area contributed by atoms with Gasteiger partial charge < -0.3 is 10.2 Å². The molecule has 30 heavy (non-hydrogen) atoms. The molecule has 2 aromatic carbocycles. The molecule has 0 spiro atoms. The molecule has 0 radical (unpaired) electrons. The van der Waals surface area contributed by atoms with Gasteiger partial charge in [-0.25, -0.2) is 9.59 Å². The molecule has 4 rings (SSSR count). The molecule has 154 valence electrons. The standard InChI is InChI=1S/C20H12N2O4S2.2ClH/c23-19(24)13-7-11-3-1-5-15(17(11)21-9-13)27-28-16-6-2-4-12-8-14(20(25)26)10-22-18(12)16;;/h1-10H,(H,23,24)(H,25,26);2*1H. The first-order valence-electron chi connectivity index (χ1n) is 8.11. The van der Waals surface area contributed by atoms with Crippen molar-refractivity contribution in [2.75, 3.05) is 0 Å². The van der Waals surface area contributed by atoms with E-state index in [1.54, 1.807) is 12.1 Å². The Morgan fingerprint density at radius 2 is 1.10 bits per heavy atom. The molecule has 2 N–H and O–H groups in total. The molecule has 6 nitrogen and oxygen atoms in total. The van der Waals surface area contributed by atoms with Crippen LogP contribution in [0.1, 0.15) is 20.7 Å². The Balaban J connectivity index is 0.00000160. The molecule has 0 aliphatic carbocycles. The first-order chi connectivity index (χ1) is 13.5. The Morgan fingerprint density at radius 1 is 0.700 bits per heavy atom.